The van der Waals surface area contributed by atoms with E-state index in [0.29, 0.717) is 0 Å². The van der Waals surface area contributed by atoms with Crippen molar-refractivity contribution in [3.8, 4) is 12.3 Å². The Kier molecular flexibility index (Phi) is 6.40. The van der Waals surface area contributed by atoms with E-state index in [4.69, 9.17) is 18.0 Å². The van der Waals surface area contributed by atoms with Crippen molar-refractivity contribution >= 4 is 23.4 Å². The zero-order valence-corrected chi connectivity index (χ0v) is 11.0. The molecule has 0 saturated heterocycles. The van der Waals surface area contributed by atoms with Gasteiger partial charge in [0, 0.05) is 23.9 Å². The molecule has 1 rings (SSSR count). The molecule has 0 amide bonds. The van der Waals surface area contributed by atoms with E-state index in [2.05, 4.69) is 24.2 Å². The molecule has 0 heterocycles. The molecule has 0 aliphatic carbocycles. The first-order valence-corrected chi connectivity index (χ1v) is 6.74. The molecule has 0 aliphatic rings. The van der Waals surface area contributed by atoms with Crippen molar-refractivity contribution in [2.45, 2.75) is 13.5 Å². The highest BCUT2D eigenvalue weighted by molar-refractivity contribution is 7.99. The van der Waals surface area contributed by atoms with Gasteiger partial charge in [0.25, 0.3) is 0 Å². The molecule has 0 spiro atoms. The summed E-state index contributed by atoms with van der Waals surface area (Å²) in [5.74, 6) is 4.46. The maximum Gasteiger partial charge on any atom is 0.0545 e. The molecule has 0 radical (unpaired) electrons. The summed E-state index contributed by atoms with van der Waals surface area (Å²) in [7, 11) is 0. The lowest BCUT2D eigenvalue weighted by Gasteiger charge is -2.07. The van der Waals surface area contributed by atoms with Gasteiger partial charge < -0.3 is 5.32 Å². The van der Waals surface area contributed by atoms with Gasteiger partial charge in [0.1, 0.15) is 0 Å². The first-order chi connectivity index (χ1) is 7.74. The van der Waals surface area contributed by atoms with Crippen LogP contribution >= 0.6 is 23.4 Å². The zero-order chi connectivity index (χ0) is 11.8. The first-order valence-electron chi connectivity index (χ1n) is 5.21. The maximum absolute atomic E-state index is 5.89. The van der Waals surface area contributed by atoms with E-state index in [0.717, 1.165) is 29.6 Å². The predicted octanol–water partition coefficient (Wildman–Crippen LogP) is 3.10. The summed E-state index contributed by atoms with van der Waals surface area (Å²) in [5, 5.41) is 4.19. The number of benzene rings is 1. The van der Waals surface area contributed by atoms with Crippen LogP contribution in [-0.2, 0) is 6.54 Å². The molecule has 0 atom stereocenters. The number of thioether (sulfide) groups is 1. The third-order valence-electron chi connectivity index (χ3n) is 2.23. The molecular weight excluding hydrogens is 238 g/mol. The van der Waals surface area contributed by atoms with Gasteiger partial charge >= 0.3 is 0 Å². The Labute approximate surface area is 107 Å². The van der Waals surface area contributed by atoms with E-state index >= 15 is 0 Å². The highest BCUT2D eigenvalue weighted by Gasteiger charge is 1.98. The number of hydrogen-bond donors (Lipinski definition) is 1. The molecule has 16 heavy (non-hydrogen) atoms. The molecule has 1 nitrogen and oxygen atoms in total. The molecule has 1 N–H and O–H groups in total. The van der Waals surface area contributed by atoms with Crippen molar-refractivity contribution in [3.63, 3.8) is 0 Å². The molecular formula is C13H16ClNS. The first kappa shape index (κ1) is 13.4. The minimum absolute atomic E-state index is 0.793. The Balaban J connectivity index is 2.25. The SMILES string of the molecule is C#CCSCCNCc1ccc(Cl)cc1C. The van der Waals surface area contributed by atoms with Crippen LogP contribution in [0.1, 0.15) is 11.1 Å². The van der Waals surface area contributed by atoms with Crippen molar-refractivity contribution in [1.82, 2.24) is 5.32 Å². The largest absolute Gasteiger partial charge is 0.312 e. The van der Waals surface area contributed by atoms with Crippen molar-refractivity contribution in [2.24, 2.45) is 0 Å². The van der Waals surface area contributed by atoms with Gasteiger partial charge in [-0.05, 0) is 30.2 Å². The minimum Gasteiger partial charge on any atom is -0.312 e. The Bertz CT molecular complexity index is 371. The van der Waals surface area contributed by atoms with Crippen molar-refractivity contribution in [2.75, 3.05) is 18.1 Å². The van der Waals surface area contributed by atoms with E-state index in [1.807, 2.05) is 12.1 Å². The monoisotopic (exact) mass is 253 g/mol. The Morgan fingerprint density at radius 2 is 2.31 bits per heavy atom. The van der Waals surface area contributed by atoms with Gasteiger partial charge in [0.05, 0.1) is 5.75 Å². The van der Waals surface area contributed by atoms with E-state index in [-0.39, 0.29) is 0 Å². The highest BCUT2D eigenvalue weighted by Crippen LogP contribution is 2.14. The van der Waals surface area contributed by atoms with Gasteiger partial charge in [-0.1, -0.05) is 23.6 Å². The second-order valence-electron chi connectivity index (χ2n) is 3.50. The smallest absolute Gasteiger partial charge is 0.0545 e. The van der Waals surface area contributed by atoms with Gasteiger partial charge in [0.15, 0.2) is 0 Å². The van der Waals surface area contributed by atoms with Crippen LogP contribution in [0.15, 0.2) is 18.2 Å². The van der Waals surface area contributed by atoms with Crippen LogP contribution in [-0.4, -0.2) is 18.1 Å². The summed E-state index contributed by atoms with van der Waals surface area (Å²) in [6, 6.07) is 5.99. The molecule has 1 aromatic rings. The minimum atomic E-state index is 0.793. The molecule has 0 bridgehead atoms. The number of rotatable bonds is 6. The van der Waals surface area contributed by atoms with Crippen molar-refractivity contribution < 1.29 is 0 Å². The molecule has 0 fully saturated rings. The second-order valence-corrected chi connectivity index (χ2v) is 5.05. The zero-order valence-electron chi connectivity index (χ0n) is 9.42. The van der Waals surface area contributed by atoms with Crippen LogP contribution in [0, 0.1) is 19.3 Å². The van der Waals surface area contributed by atoms with Gasteiger partial charge in [-0.2, -0.15) is 0 Å². The molecule has 86 valence electrons. The summed E-state index contributed by atoms with van der Waals surface area (Å²) < 4.78 is 0. The predicted molar refractivity (Wildman–Crippen MR) is 74.1 cm³/mol. The molecule has 3 heteroatoms. The van der Waals surface area contributed by atoms with Crippen LogP contribution < -0.4 is 5.32 Å². The summed E-state index contributed by atoms with van der Waals surface area (Å²) in [6.45, 7) is 3.95. The fraction of sp³-hybridized carbons (Fsp3) is 0.385. The summed E-state index contributed by atoms with van der Waals surface area (Å²) in [5.41, 5.74) is 2.53. The van der Waals surface area contributed by atoms with Crippen LogP contribution in [0.3, 0.4) is 0 Å². The molecule has 1 aromatic carbocycles. The van der Waals surface area contributed by atoms with Crippen molar-refractivity contribution in [3.05, 3.63) is 34.3 Å². The number of aryl methyl sites for hydroxylation is 1. The lowest BCUT2D eigenvalue weighted by molar-refractivity contribution is 0.729. The Morgan fingerprint density at radius 1 is 1.50 bits per heavy atom. The summed E-state index contributed by atoms with van der Waals surface area (Å²) in [4.78, 5) is 0. The second kappa shape index (κ2) is 7.62. The third-order valence-corrected chi connectivity index (χ3v) is 3.33. The number of nitrogens with one attached hydrogen (secondary N) is 1. The lowest BCUT2D eigenvalue weighted by Crippen LogP contribution is -2.17. The molecule has 0 unspecified atom stereocenters. The van der Waals surface area contributed by atoms with Crippen LogP contribution in [0.5, 0.6) is 0 Å². The third kappa shape index (κ3) is 4.94. The van der Waals surface area contributed by atoms with Crippen molar-refractivity contribution in [1.29, 1.82) is 0 Å². The fourth-order valence-corrected chi connectivity index (χ4v) is 2.13. The lowest BCUT2D eigenvalue weighted by atomic mass is 10.1. The molecule has 0 aliphatic heterocycles. The van der Waals surface area contributed by atoms with Gasteiger partial charge in [-0.15, -0.1) is 18.2 Å². The summed E-state index contributed by atoms with van der Waals surface area (Å²) in [6.07, 6.45) is 5.16. The van der Waals surface area contributed by atoms with Crippen LogP contribution in [0.4, 0.5) is 0 Å². The van der Waals surface area contributed by atoms with Crippen LogP contribution in [0.25, 0.3) is 0 Å². The van der Waals surface area contributed by atoms with Gasteiger partial charge in [-0.25, -0.2) is 0 Å². The topological polar surface area (TPSA) is 12.0 Å². The van der Waals surface area contributed by atoms with Crippen LogP contribution in [0.2, 0.25) is 5.02 Å². The van der Waals surface area contributed by atoms with Gasteiger partial charge in [0.2, 0.25) is 0 Å². The molecule has 0 aromatic heterocycles. The Hall–Kier alpha value is -0.620. The molecule has 0 saturated carbocycles. The fourth-order valence-electron chi connectivity index (χ4n) is 1.36. The van der Waals surface area contributed by atoms with E-state index in [1.54, 1.807) is 11.8 Å². The standard InChI is InChI=1S/C13H16ClNS/c1-3-7-16-8-6-15-10-12-4-5-13(14)9-11(12)2/h1,4-5,9,15H,6-8,10H2,2H3. The highest BCUT2D eigenvalue weighted by atomic mass is 35.5. The quantitative estimate of drug-likeness (QED) is 0.618. The normalized spacial score (nSPS) is 10.1. The number of hydrogen-bond acceptors (Lipinski definition) is 2. The van der Waals surface area contributed by atoms with Gasteiger partial charge in [-0.3, -0.25) is 0 Å². The van der Waals surface area contributed by atoms with E-state index < -0.39 is 0 Å². The number of terminal acetylenes is 1. The average Bonchev–Trinajstić information content (AvgIpc) is 2.26. The maximum atomic E-state index is 5.89. The van der Waals surface area contributed by atoms with E-state index in [1.165, 1.54) is 11.1 Å². The summed E-state index contributed by atoms with van der Waals surface area (Å²) >= 11 is 7.67. The van der Waals surface area contributed by atoms with E-state index in [9.17, 15) is 0 Å². The average molecular weight is 254 g/mol. The Morgan fingerprint density at radius 3 is 3.00 bits per heavy atom. The number of halogens is 1.